The van der Waals surface area contributed by atoms with E-state index in [9.17, 15) is 19.2 Å². The van der Waals surface area contributed by atoms with Crippen molar-refractivity contribution >= 4 is 47.8 Å². The van der Waals surface area contributed by atoms with Crippen molar-refractivity contribution in [2.24, 2.45) is 23.7 Å². The van der Waals surface area contributed by atoms with Crippen LogP contribution in [0.5, 0.6) is 0 Å². The number of aromatic amines is 3. The van der Waals surface area contributed by atoms with Crippen molar-refractivity contribution in [3.05, 3.63) is 89.9 Å². The van der Waals surface area contributed by atoms with E-state index >= 15 is 0 Å². The number of hydrogen-bond donors (Lipinski definition) is 4. The highest BCUT2D eigenvalue weighted by Crippen LogP contribution is 2.48. The zero-order valence-electron chi connectivity index (χ0n) is 34.5. The van der Waals surface area contributed by atoms with E-state index in [1.807, 2.05) is 32.1 Å². The van der Waals surface area contributed by atoms with Crippen LogP contribution in [0.15, 0.2) is 23.0 Å². The predicted octanol–water partition coefficient (Wildman–Crippen LogP) is 7.28. The van der Waals surface area contributed by atoms with E-state index in [1.165, 1.54) is 25.5 Å². The van der Waals surface area contributed by atoms with Gasteiger partial charge in [0.2, 0.25) is 0 Å². The highest BCUT2D eigenvalue weighted by Gasteiger charge is 2.48. The molecule has 2 aliphatic heterocycles. The molecule has 8 bridgehead atoms. The molecule has 0 spiro atoms. The van der Waals surface area contributed by atoms with Crippen LogP contribution in [0.2, 0.25) is 0 Å². The third-order valence-corrected chi connectivity index (χ3v) is 12.5. The summed E-state index contributed by atoms with van der Waals surface area (Å²) in [6.07, 6.45) is 15.4. The number of aldehydes is 1. The van der Waals surface area contributed by atoms with E-state index in [0.29, 0.717) is 57.8 Å². The summed E-state index contributed by atoms with van der Waals surface area (Å²) in [6.45, 7) is 17.0. The average Bonchev–Trinajstić information content (AvgIpc) is 3.93. The molecule has 1 fully saturated rings. The van der Waals surface area contributed by atoms with Gasteiger partial charge in [0.25, 0.3) is 0 Å². The lowest BCUT2D eigenvalue weighted by Gasteiger charge is -2.19. The molecule has 298 valence electrons. The number of Topliss-reactive ketones (excluding diaryl/α,β-unsaturated/α-hetero) is 1. The highest BCUT2D eigenvalue weighted by atomic mass is 16.5. The standard InChI is InChI=1S/C46H58N4O6/c1-10-24(4)14-13-15-25(5)18-19-56-39(52)17-16-31-27(7)34-20-33-26(6)29(11-2)36(47-33)22-38-32(23-51)30(12-3)37(48-38)21-35-28(8)40-44(50-35)41(43(31)49-34)42(45(40)53)46(54)55-9/h18,20-24,27,31,42,47-50H,10-17,19H2,1-9H3/b25-18+,34-20-,37-21-,38-22-,43-41-/t24-,27+,31+,42-/m1/s1. The lowest BCUT2D eigenvalue weighted by atomic mass is 9.85. The summed E-state index contributed by atoms with van der Waals surface area (Å²) in [5.41, 5.74) is 11.3. The molecule has 4 N–H and O–H groups in total. The normalized spacial score (nSPS) is 22.7. The number of rotatable bonds is 14. The first-order valence-electron chi connectivity index (χ1n) is 20.4. The molecule has 0 radical (unpaired) electrons. The van der Waals surface area contributed by atoms with E-state index in [2.05, 4.69) is 67.9 Å². The maximum atomic E-state index is 14.3. The number of aromatic nitrogens is 3. The number of carbonyl (C=O) groups is 4. The van der Waals surface area contributed by atoms with Crippen LogP contribution >= 0.6 is 0 Å². The first-order valence-corrected chi connectivity index (χ1v) is 20.4. The van der Waals surface area contributed by atoms with Crippen LogP contribution in [0, 0.1) is 37.5 Å². The summed E-state index contributed by atoms with van der Waals surface area (Å²) in [6, 6.07) is 0. The molecular formula is C46H58N4O6. The number of hydrogen-bond acceptors (Lipinski definition) is 7. The Hall–Kier alpha value is -5.12. The first kappa shape index (κ1) is 40.5. The van der Waals surface area contributed by atoms with E-state index in [4.69, 9.17) is 9.47 Å². The molecule has 1 aliphatic carbocycles. The average molecular weight is 763 g/mol. The second kappa shape index (κ2) is 16.9. The Balaban J connectivity index is 1.46. The number of nitrogens with one attached hydrogen (secondary N) is 4. The van der Waals surface area contributed by atoms with Crippen molar-refractivity contribution in [3.63, 3.8) is 0 Å². The molecule has 6 rings (SSSR count). The largest absolute Gasteiger partial charge is 0.468 e. The van der Waals surface area contributed by atoms with Crippen LogP contribution in [0.25, 0.3) is 23.8 Å². The van der Waals surface area contributed by atoms with E-state index in [0.717, 1.165) is 70.4 Å². The number of H-pyrrole nitrogens is 3. The highest BCUT2D eigenvalue weighted by molar-refractivity contribution is 6.24. The number of methoxy groups -OCH3 is 1. The Morgan fingerprint density at radius 2 is 1.64 bits per heavy atom. The number of allylic oxidation sites excluding steroid dienone is 3. The van der Waals surface area contributed by atoms with Gasteiger partial charge >= 0.3 is 11.9 Å². The SMILES string of the molecule is CCc1c2[nH]c(c1C)/C=C1\N/C(=C3\c4[nH]c(c(C)c4C(=O)[C@@H]3C(=O)OC)/C=c3\[nH]/c(c(C=O)c3CC)=C\2)[C@@H](CCC(=O)OC/C=C(\C)CCC[C@H](C)CC)[C@@H]1C. The fourth-order valence-corrected chi connectivity index (χ4v) is 8.83. The van der Waals surface area contributed by atoms with Crippen LogP contribution in [0.3, 0.4) is 0 Å². The Morgan fingerprint density at radius 3 is 2.32 bits per heavy atom. The van der Waals surface area contributed by atoms with Gasteiger partial charge in [-0.05, 0) is 105 Å². The number of esters is 2. The number of ether oxygens (including phenoxy) is 2. The molecule has 0 amide bonds. The van der Waals surface area contributed by atoms with Crippen LogP contribution in [-0.4, -0.2) is 52.7 Å². The van der Waals surface area contributed by atoms with Gasteiger partial charge in [-0.15, -0.1) is 0 Å². The number of ketones is 1. The maximum Gasteiger partial charge on any atom is 0.321 e. The summed E-state index contributed by atoms with van der Waals surface area (Å²) >= 11 is 0. The Bertz CT molecular complexity index is 2270. The predicted molar refractivity (Wildman–Crippen MR) is 220 cm³/mol. The van der Waals surface area contributed by atoms with E-state index in [-0.39, 0.29) is 36.6 Å². The molecule has 10 nitrogen and oxygen atoms in total. The fraction of sp³-hybridized carbons (Fsp3) is 0.478. The lowest BCUT2D eigenvalue weighted by molar-refractivity contribution is -0.143. The van der Waals surface area contributed by atoms with Crippen molar-refractivity contribution in [1.82, 2.24) is 20.3 Å². The van der Waals surface area contributed by atoms with Crippen LogP contribution in [0.4, 0.5) is 0 Å². The fourth-order valence-electron chi connectivity index (χ4n) is 8.83. The third-order valence-electron chi connectivity index (χ3n) is 12.5. The molecule has 0 aromatic carbocycles. The summed E-state index contributed by atoms with van der Waals surface area (Å²) in [4.78, 5) is 64.3. The van der Waals surface area contributed by atoms with Gasteiger partial charge in [0.05, 0.1) is 18.2 Å². The first-order chi connectivity index (χ1) is 26.9. The maximum absolute atomic E-state index is 14.3. The third kappa shape index (κ3) is 7.54. The van der Waals surface area contributed by atoms with Crippen LogP contribution in [-0.2, 0) is 31.9 Å². The van der Waals surface area contributed by atoms with Crippen molar-refractivity contribution in [3.8, 4) is 0 Å². The molecule has 3 aliphatic rings. The summed E-state index contributed by atoms with van der Waals surface area (Å²) in [5.74, 6) is -2.06. The van der Waals surface area contributed by atoms with Crippen LogP contribution < -0.4 is 16.0 Å². The monoisotopic (exact) mass is 762 g/mol. The van der Waals surface area contributed by atoms with Gasteiger partial charge in [-0.3, -0.25) is 19.2 Å². The van der Waals surface area contributed by atoms with Gasteiger partial charge in [0.15, 0.2) is 12.1 Å². The Morgan fingerprint density at radius 1 is 0.929 bits per heavy atom. The van der Waals surface area contributed by atoms with Crippen molar-refractivity contribution in [1.29, 1.82) is 0 Å². The number of fused-ring (bicyclic) bond motifs is 7. The molecule has 1 saturated heterocycles. The molecule has 0 unspecified atom stereocenters. The minimum Gasteiger partial charge on any atom is -0.468 e. The zero-order valence-corrected chi connectivity index (χ0v) is 34.5. The van der Waals surface area contributed by atoms with E-state index < -0.39 is 11.9 Å². The summed E-state index contributed by atoms with van der Waals surface area (Å²) in [5, 5.41) is 5.15. The Kier molecular flexibility index (Phi) is 12.3. The molecule has 5 heterocycles. The van der Waals surface area contributed by atoms with Gasteiger partial charge in [-0.2, -0.15) is 0 Å². The second-order valence-electron chi connectivity index (χ2n) is 15.9. The van der Waals surface area contributed by atoms with E-state index in [1.54, 1.807) is 0 Å². The van der Waals surface area contributed by atoms with Crippen molar-refractivity contribution in [2.45, 2.75) is 107 Å². The van der Waals surface area contributed by atoms with Gasteiger partial charge in [-0.1, -0.05) is 53.0 Å². The lowest BCUT2D eigenvalue weighted by Crippen LogP contribution is -2.25. The zero-order chi connectivity index (χ0) is 40.4. The minimum atomic E-state index is -1.17. The van der Waals surface area contributed by atoms with Crippen LogP contribution in [0.1, 0.15) is 146 Å². The molecule has 10 heteroatoms. The molecule has 56 heavy (non-hydrogen) atoms. The topological polar surface area (TPSA) is 146 Å². The molecule has 0 saturated carbocycles. The van der Waals surface area contributed by atoms with Gasteiger partial charge < -0.3 is 29.7 Å². The Labute approximate surface area is 330 Å². The minimum absolute atomic E-state index is 0.104. The molecular weight excluding hydrogens is 705 g/mol. The summed E-state index contributed by atoms with van der Waals surface area (Å²) < 4.78 is 11.0. The summed E-state index contributed by atoms with van der Waals surface area (Å²) in [7, 11) is 1.30. The van der Waals surface area contributed by atoms with Gasteiger partial charge in [0.1, 0.15) is 12.5 Å². The smallest absolute Gasteiger partial charge is 0.321 e. The molecule has 4 atom stereocenters. The van der Waals surface area contributed by atoms with Crippen molar-refractivity contribution < 1.29 is 28.7 Å². The quantitative estimate of drug-likeness (QED) is 0.0585. The second-order valence-corrected chi connectivity index (χ2v) is 15.9. The van der Waals surface area contributed by atoms with Gasteiger partial charge in [0, 0.05) is 68.8 Å². The van der Waals surface area contributed by atoms with Crippen molar-refractivity contribution in [2.75, 3.05) is 13.7 Å². The molecule has 3 aromatic rings. The van der Waals surface area contributed by atoms with Gasteiger partial charge in [-0.25, -0.2) is 0 Å². The molecule has 3 aromatic heterocycles. The number of carbonyl (C=O) groups excluding carboxylic acids is 4.